The highest BCUT2D eigenvalue weighted by Crippen LogP contribution is 2.36. The number of carbonyl (C=O) groups is 1. The van der Waals surface area contributed by atoms with Crippen LogP contribution < -0.4 is 11.1 Å². The summed E-state index contributed by atoms with van der Waals surface area (Å²) in [5.74, 6) is -3.79. The number of carbonyl (C=O) groups excluding carboxylic acids is 1. The van der Waals surface area contributed by atoms with Crippen molar-refractivity contribution in [2.45, 2.75) is 49.8 Å². The topological polar surface area (TPSA) is 107 Å². The third kappa shape index (κ3) is 5.89. The molecule has 1 amide bonds. The molecule has 0 spiro atoms. The first-order chi connectivity index (χ1) is 17.5. The van der Waals surface area contributed by atoms with Gasteiger partial charge in [0.2, 0.25) is 0 Å². The fourth-order valence-corrected chi connectivity index (χ4v) is 4.82. The molecule has 1 saturated heterocycles. The Morgan fingerprint density at radius 3 is 2.49 bits per heavy atom. The minimum absolute atomic E-state index is 0.0480. The van der Waals surface area contributed by atoms with Crippen LogP contribution >= 0.6 is 0 Å². The van der Waals surface area contributed by atoms with Crippen LogP contribution in [-0.2, 0) is 15.5 Å². The lowest BCUT2D eigenvalue weighted by Crippen LogP contribution is -2.39. The van der Waals surface area contributed by atoms with Crippen molar-refractivity contribution < 1.29 is 26.9 Å². The SMILES string of the molecule is CC(C)C1CC(N)CC(c2ccncc2NC(=O)c2ccc(F)c(-c3c(F)cc(S(C)=O)cc3F)n2)O1. The zero-order chi connectivity index (χ0) is 26.9. The minimum Gasteiger partial charge on any atom is -0.370 e. The Labute approximate surface area is 215 Å². The average Bonchev–Trinajstić information content (AvgIpc) is 2.84. The molecule has 37 heavy (non-hydrogen) atoms. The maximum Gasteiger partial charge on any atom is 0.274 e. The van der Waals surface area contributed by atoms with E-state index in [-0.39, 0.29) is 34.8 Å². The standard InChI is InChI=1S/C26H27F3N4O3S/c1-13(2)22-8-14(30)9-23(36-22)16-6-7-31-12-21(16)33-26(34)20-5-4-17(27)25(32-20)24-18(28)10-15(37(3)35)11-19(24)29/h4-7,10-14,22-23H,8-9,30H2,1-3H3,(H,33,34). The van der Waals surface area contributed by atoms with Gasteiger partial charge >= 0.3 is 0 Å². The molecule has 1 aliphatic rings. The Kier molecular flexibility index (Phi) is 8.05. The van der Waals surface area contributed by atoms with E-state index in [1.165, 1.54) is 12.5 Å². The summed E-state index contributed by atoms with van der Waals surface area (Å²) in [6.45, 7) is 4.10. The number of anilines is 1. The molecule has 4 unspecified atom stereocenters. The summed E-state index contributed by atoms with van der Waals surface area (Å²) in [5, 5.41) is 2.70. The van der Waals surface area contributed by atoms with E-state index in [4.69, 9.17) is 10.5 Å². The van der Waals surface area contributed by atoms with Gasteiger partial charge in [-0.25, -0.2) is 18.2 Å². The smallest absolute Gasteiger partial charge is 0.274 e. The molecule has 2 aromatic heterocycles. The minimum atomic E-state index is -1.65. The lowest BCUT2D eigenvalue weighted by atomic mass is 9.90. The maximum atomic E-state index is 14.7. The third-order valence-electron chi connectivity index (χ3n) is 6.25. The molecule has 1 fully saturated rings. The highest BCUT2D eigenvalue weighted by atomic mass is 32.2. The molecule has 0 aliphatic carbocycles. The van der Waals surface area contributed by atoms with Crippen LogP contribution in [-0.4, -0.2) is 38.5 Å². The highest BCUT2D eigenvalue weighted by Gasteiger charge is 2.32. The molecule has 0 radical (unpaired) electrons. The Bertz CT molecular complexity index is 1330. The van der Waals surface area contributed by atoms with Gasteiger partial charge in [0.05, 0.1) is 29.7 Å². The first-order valence-corrected chi connectivity index (χ1v) is 13.3. The number of pyridine rings is 2. The molecule has 4 atom stereocenters. The summed E-state index contributed by atoms with van der Waals surface area (Å²) in [6.07, 6.45) is 5.14. The van der Waals surface area contributed by atoms with Gasteiger partial charge in [0.25, 0.3) is 5.91 Å². The normalized spacial score (nSPS) is 20.6. The number of hydrogen-bond acceptors (Lipinski definition) is 6. The summed E-state index contributed by atoms with van der Waals surface area (Å²) in [7, 11) is -1.65. The Morgan fingerprint density at radius 2 is 1.84 bits per heavy atom. The number of halogens is 3. The number of nitrogens with zero attached hydrogens (tertiary/aromatic N) is 2. The molecular weight excluding hydrogens is 505 g/mol. The van der Waals surface area contributed by atoms with Crippen LogP contribution in [0.25, 0.3) is 11.3 Å². The van der Waals surface area contributed by atoms with Crippen molar-refractivity contribution in [2.75, 3.05) is 11.6 Å². The highest BCUT2D eigenvalue weighted by molar-refractivity contribution is 7.84. The second kappa shape index (κ2) is 11.1. The van der Waals surface area contributed by atoms with Crippen molar-refractivity contribution in [1.29, 1.82) is 0 Å². The first kappa shape index (κ1) is 26.9. The maximum absolute atomic E-state index is 14.7. The van der Waals surface area contributed by atoms with E-state index in [2.05, 4.69) is 15.3 Å². The summed E-state index contributed by atoms with van der Waals surface area (Å²) in [5.41, 5.74) is 5.59. The predicted octanol–water partition coefficient (Wildman–Crippen LogP) is 4.75. The Balaban J connectivity index is 1.64. The number of rotatable bonds is 6. The van der Waals surface area contributed by atoms with Crippen molar-refractivity contribution in [3.63, 3.8) is 0 Å². The van der Waals surface area contributed by atoms with Gasteiger partial charge in [-0.05, 0) is 49.1 Å². The van der Waals surface area contributed by atoms with Gasteiger partial charge in [-0.15, -0.1) is 0 Å². The van der Waals surface area contributed by atoms with Crippen molar-refractivity contribution in [3.05, 3.63) is 71.4 Å². The van der Waals surface area contributed by atoms with Crippen LogP contribution in [0.15, 0.2) is 47.6 Å². The van der Waals surface area contributed by atoms with Gasteiger partial charge in [-0.2, -0.15) is 0 Å². The predicted molar refractivity (Wildman–Crippen MR) is 134 cm³/mol. The van der Waals surface area contributed by atoms with Crippen molar-refractivity contribution in [3.8, 4) is 11.3 Å². The molecule has 4 rings (SSSR count). The van der Waals surface area contributed by atoms with Gasteiger partial charge < -0.3 is 15.8 Å². The molecule has 196 valence electrons. The lowest BCUT2D eigenvalue weighted by molar-refractivity contribution is -0.0787. The van der Waals surface area contributed by atoms with E-state index in [0.717, 1.165) is 30.7 Å². The molecule has 0 bridgehead atoms. The van der Waals surface area contributed by atoms with Gasteiger partial charge in [0, 0.05) is 39.8 Å². The van der Waals surface area contributed by atoms with Crippen LogP contribution in [0, 0.1) is 23.4 Å². The first-order valence-electron chi connectivity index (χ1n) is 11.7. The summed E-state index contributed by atoms with van der Waals surface area (Å²) in [4.78, 5) is 21.0. The second-order valence-corrected chi connectivity index (χ2v) is 10.7. The summed E-state index contributed by atoms with van der Waals surface area (Å²) in [6, 6.07) is 5.36. The zero-order valence-corrected chi connectivity index (χ0v) is 21.3. The van der Waals surface area contributed by atoms with Crippen LogP contribution in [0.2, 0.25) is 0 Å². The Hall–Kier alpha value is -3.15. The fraction of sp³-hybridized carbons (Fsp3) is 0.346. The van der Waals surface area contributed by atoms with Crippen molar-refractivity contribution in [2.24, 2.45) is 11.7 Å². The summed E-state index contributed by atoms with van der Waals surface area (Å²) >= 11 is 0. The molecule has 7 nitrogen and oxygen atoms in total. The number of aromatic nitrogens is 2. The van der Waals surface area contributed by atoms with E-state index in [1.54, 1.807) is 12.3 Å². The van der Waals surface area contributed by atoms with Gasteiger partial charge in [0.15, 0.2) is 0 Å². The number of nitrogens with two attached hydrogens (primary N) is 1. The van der Waals surface area contributed by atoms with Crippen LogP contribution in [0.4, 0.5) is 18.9 Å². The molecule has 11 heteroatoms. The van der Waals surface area contributed by atoms with E-state index in [1.807, 2.05) is 13.8 Å². The molecular formula is C26H27F3N4O3S. The van der Waals surface area contributed by atoms with E-state index in [0.29, 0.717) is 17.7 Å². The lowest BCUT2D eigenvalue weighted by Gasteiger charge is -2.36. The van der Waals surface area contributed by atoms with Gasteiger partial charge in [-0.1, -0.05) is 13.8 Å². The largest absolute Gasteiger partial charge is 0.370 e. The van der Waals surface area contributed by atoms with Crippen molar-refractivity contribution in [1.82, 2.24) is 9.97 Å². The molecule has 0 saturated carbocycles. The zero-order valence-electron chi connectivity index (χ0n) is 20.5. The Morgan fingerprint density at radius 1 is 1.14 bits per heavy atom. The molecule has 1 aliphatic heterocycles. The quantitative estimate of drug-likeness (QED) is 0.474. The van der Waals surface area contributed by atoms with E-state index in [9.17, 15) is 22.2 Å². The van der Waals surface area contributed by atoms with Crippen LogP contribution in [0.1, 0.15) is 48.8 Å². The molecule has 3 N–H and O–H groups in total. The number of ether oxygens (including phenoxy) is 1. The van der Waals surface area contributed by atoms with Crippen LogP contribution in [0.5, 0.6) is 0 Å². The molecule has 3 aromatic rings. The fourth-order valence-electron chi connectivity index (χ4n) is 4.28. The van der Waals surface area contributed by atoms with Crippen molar-refractivity contribution >= 4 is 22.4 Å². The number of benzene rings is 1. The number of hydrogen-bond donors (Lipinski definition) is 2. The average molecular weight is 533 g/mol. The number of amides is 1. The van der Waals surface area contributed by atoms with Gasteiger partial charge in [-0.3, -0.25) is 14.0 Å². The van der Waals surface area contributed by atoms with E-state index >= 15 is 0 Å². The molecule has 3 heterocycles. The molecule has 1 aromatic carbocycles. The van der Waals surface area contributed by atoms with Crippen LogP contribution in [0.3, 0.4) is 0 Å². The third-order valence-corrected chi connectivity index (χ3v) is 7.15. The number of nitrogens with one attached hydrogen (secondary N) is 1. The summed E-state index contributed by atoms with van der Waals surface area (Å²) < 4.78 is 61.8. The van der Waals surface area contributed by atoms with Gasteiger partial charge in [0.1, 0.15) is 28.8 Å². The monoisotopic (exact) mass is 532 g/mol. The second-order valence-electron chi connectivity index (χ2n) is 9.30. The van der Waals surface area contributed by atoms with E-state index < -0.39 is 45.4 Å².